The molecule has 0 rings (SSSR count). The van der Waals surface area contributed by atoms with Gasteiger partial charge in [-0.3, -0.25) is 9.59 Å². The summed E-state index contributed by atoms with van der Waals surface area (Å²) in [6.45, 7) is 7.88. The lowest BCUT2D eigenvalue weighted by atomic mass is 10.1. The smallest absolute Gasteiger partial charge is 0.306 e. The highest BCUT2D eigenvalue weighted by atomic mass is 16.6. The molecule has 0 aromatic carbocycles. The third kappa shape index (κ3) is 55.0. The van der Waals surface area contributed by atoms with E-state index < -0.39 is 6.10 Å². The van der Waals surface area contributed by atoms with Crippen molar-refractivity contribution in [2.45, 2.75) is 335 Å². The monoisotopic (exact) mass is 929 g/mol. The van der Waals surface area contributed by atoms with Gasteiger partial charge in [-0.05, 0) is 70.6 Å². The van der Waals surface area contributed by atoms with Crippen molar-refractivity contribution < 1.29 is 23.8 Å². The lowest BCUT2D eigenvalue weighted by Gasteiger charge is -2.18. The van der Waals surface area contributed by atoms with Crippen molar-refractivity contribution in [3.8, 4) is 0 Å². The van der Waals surface area contributed by atoms with E-state index in [2.05, 4.69) is 45.1 Å². The molecule has 5 nitrogen and oxygen atoms in total. The minimum Gasteiger partial charge on any atom is -0.462 e. The van der Waals surface area contributed by atoms with Gasteiger partial charge >= 0.3 is 11.9 Å². The number of ether oxygens (including phenoxy) is 3. The summed E-state index contributed by atoms with van der Waals surface area (Å²) in [5.74, 6) is -0.379. The highest BCUT2D eigenvalue weighted by Gasteiger charge is 2.17. The Morgan fingerprint density at radius 3 is 0.924 bits per heavy atom. The van der Waals surface area contributed by atoms with Gasteiger partial charge in [0.1, 0.15) is 6.61 Å². The minimum absolute atomic E-state index is 0.0910. The lowest BCUT2D eigenvalue weighted by molar-refractivity contribution is -0.163. The Hall–Kier alpha value is -1.62. The maximum Gasteiger partial charge on any atom is 0.306 e. The number of hydrogen-bond acceptors (Lipinski definition) is 5. The first-order chi connectivity index (χ1) is 32.6. The highest BCUT2D eigenvalue weighted by Crippen LogP contribution is 2.16. The maximum atomic E-state index is 12.8. The van der Waals surface area contributed by atoms with Gasteiger partial charge in [-0.1, -0.05) is 270 Å². The Labute approximate surface area is 413 Å². The number of esters is 2. The van der Waals surface area contributed by atoms with Crippen molar-refractivity contribution in [3.63, 3.8) is 0 Å². The van der Waals surface area contributed by atoms with Crippen LogP contribution in [0, 0.1) is 0 Å². The molecular formula is C61H116O5. The molecule has 0 radical (unpaired) electrons. The van der Waals surface area contributed by atoms with Crippen molar-refractivity contribution in [2.75, 3.05) is 19.8 Å². The van der Waals surface area contributed by atoms with Gasteiger partial charge in [-0.15, -0.1) is 0 Å². The number of unbranched alkanes of at least 4 members (excludes halogenated alkanes) is 41. The van der Waals surface area contributed by atoms with Crippen LogP contribution in [-0.2, 0) is 23.8 Å². The first kappa shape index (κ1) is 64.4. The fourth-order valence-electron chi connectivity index (χ4n) is 8.97. The minimum atomic E-state index is -0.531. The zero-order valence-corrected chi connectivity index (χ0v) is 45.0. The third-order valence-electron chi connectivity index (χ3n) is 13.5. The summed E-state index contributed by atoms with van der Waals surface area (Å²) in [5, 5.41) is 0. The first-order valence-electron chi connectivity index (χ1n) is 29.9. The van der Waals surface area contributed by atoms with E-state index in [1.807, 2.05) is 0 Å². The predicted molar refractivity (Wildman–Crippen MR) is 289 cm³/mol. The second-order valence-electron chi connectivity index (χ2n) is 20.3. The summed E-state index contributed by atoms with van der Waals surface area (Å²) in [5.41, 5.74) is 0. The Morgan fingerprint density at radius 2 is 0.591 bits per heavy atom. The quantitative estimate of drug-likeness (QED) is 0.0345. The number of carbonyl (C=O) groups excluding carboxylic acids is 2. The van der Waals surface area contributed by atoms with Gasteiger partial charge in [-0.2, -0.15) is 0 Å². The second-order valence-corrected chi connectivity index (χ2v) is 20.3. The van der Waals surface area contributed by atoms with Crippen LogP contribution in [0.2, 0.25) is 0 Å². The maximum absolute atomic E-state index is 12.8. The predicted octanol–water partition coefficient (Wildman–Crippen LogP) is 20.4. The van der Waals surface area contributed by atoms with Crippen LogP contribution in [0.4, 0.5) is 0 Å². The van der Waals surface area contributed by atoms with Crippen molar-refractivity contribution >= 4 is 11.9 Å². The Bertz CT molecular complexity index is 1010. The summed E-state index contributed by atoms with van der Waals surface area (Å²) in [7, 11) is 0. The third-order valence-corrected chi connectivity index (χ3v) is 13.5. The van der Waals surface area contributed by atoms with E-state index in [0.717, 1.165) is 32.1 Å². The zero-order chi connectivity index (χ0) is 47.7. The molecule has 0 spiro atoms. The first-order valence-corrected chi connectivity index (χ1v) is 29.9. The molecule has 5 heteroatoms. The van der Waals surface area contributed by atoms with E-state index >= 15 is 0 Å². The van der Waals surface area contributed by atoms with Crippen LogP contribution < -0.4 is 0 Å². The van der Waals surface area contributed by atoms with Crippen molar-refractivity contribution in [1.82, 2.24) is 0 Å². The molecule has 0 aliphatic carbocycles. The summed E-state index contributed by atoms with van der Waals surface area (Å²) in [6.07, 6.45) is 69.2. The lowest BCUT2D eigenvalue weighted by Crippen LogP contribution is -2.30. The standard InChI is InChI=1S/C61H116O5/c1-4-7-10-13-16-19-22-24-26-28-30-32-34-36-38-41-44-47-50-53-56-64-57-59(66-61(63)55-52-49-46-43-39-21-18-15-12-9-6-3)58-65-60(62)54-51-48-45-42-40-37-35-33-31-29-27-25-23-20-17-14-11-8-5-2/h24-27,59H,4-23,28-58H2,1-3H3/b26-24-,27-25-. The molecule has 0 aliphatic rings. The largest absolute Gasteiger partial charge is 0.462 e. The molecule has 0 aliphatic heterocycles. The van der Waals surface area contributed by atoms with E-state index in [-0.39, 0.29) is 18.5 Å². The van der Waals surface area contributed by atoms with Crippen molar-refractivity contribution in [3.05, 3.63) is 24.3 Å². The van der Waals surface area contributed by atoms with Crippen LogP contribution in [0.1, 0.15) is 329 Å². The summed E-state index contributed by atoms with van der Waals surface area (Å²) in [4.78, 5) is 25.5. The second kappa shape index (κ2) is 57.7. The van der Waals surface area contributed by atoms with Crippen LogP contribution in [-0.4, -0.2) is 37.9 Å². The molecule has 0 fully saturated rings. The van der Waals surface area contributed by atoms with Gasteiger partial charge in [0.15, 0.2) is 6.10 Å². The van der Waals surface area contributed by atoms with Gasteiger partial charge in [-0.25, -0.2) is 0 Å². The molecule has 66 heavy (non-hydrogen) atoms. The fraction of sp³-hybridized carbons (Fsp3) is 0.902. The molecule has 1 unspecified atom stereocenters. The average Bonchev–Trinajstić information content (AvgIpc) is 3.32. The van der Waals surface area contributed by atoms with Crippen LogP contribution in [0.15, 0.2) is 24.3 Å². The molecule has 0 heterocycles. The number of carbonyl (C=O) groups is 2. The van der Waals surface area contributed by atoms with E-state index in [4.69, 9.17) is 14.2 Å². The molecule has 0 bridgehead atoms. The van der Waals surface area contributed by atoms with Crippen molar-refractivity contribution in [1.29, 1.82) is 0 Å². The molecule has 0 aromatic rings. The van der Waals surface area contributed by atoms with Crippen molar-refractivity contribution in [2.24, 2.45) is 0 Å². The molecule has 0 aromatic heterocycles. The molecule has 1 atom stereocenters. The molecule has 0 saturated heterocycles. The number of allylic oxidation sites excluding steroid dienone is 4. The SMILES string of the molecule is CCCCCCCC/C=C\CCCCCCCCCCCCOCC(COC(=O)CCCCCCCCCCC/C=C\CCCCCCCC)OC(=O)CCCCCCCCCCCCC. The van der Waals surface area contributed by atoms with Crippen LogP contribution in [0.3, 0.4) is 0 Å². The van der Waals surface area contributed by atoms with E-state index in [0.29, 0.717) is 26.1 Å². The molecule has 0 amide bonds. The van der Waals surface area contributed by atoms with E-state index in [1.54, 1.807) is 0 Å². The number of rotatable bonds is 56. The van der Waals surface area contributed by atoms with E-state index in [9.17, 15) is 9.59 Å². The fourth-order valence-corrected chi connectivity index (χ4v) is 8.97. The summed E-state index contributed by atoms with van der Waals surface area (Å²) < 4.78 is 17.5. The molecule has 390 valence electrons. The van der Waals surface area contributed by atoms with Crippen LogP contribution in [0.5, 0.6) is 0 Å². The van der Waals surface area contributed by atoms with Crippen LogP contribution >= 0.6 is 0 Å². The summed E-state index contributed by atoms with van der Waals surface area (Å²) >= 11 is 0. The molecule has 0 saturated carbocycles. The number of hydrogen-bond donors (Lipinski definition) is 0. The van der Waals surface area contributed by atoms with Gasteiger partial charge in [0.2, 0.25) is 0 Å². The van der Waals surface area contributed by atoms with Gasteiger partial charge in [0.25, 0.3) is 0 Å². The van der Waals surface area contributed by atoms with Crippen LogP contribution in [0.25, 0.3) is 0 Å². The normalized spacial score (nSPS) is 12.2. The average molecular weight is 930 g/mol. The summed E-state index contributed by atoms with van der Waals surface area (Å²) in [6, 6.07) is 0. The molecular weight excluding hydrogens is 813 g/mol. The highest BCUT2D eigenvalue weighted by molar-refractivity contribution is 5.70. The Balaban J connectivity index is 4.15. The zero-order valence-electron chi connectivity index (χ0n) is 45.0. The van der Waals surface area contributed by atoms with E-state index in [1.165, 1.54) is 263 Å². The van der Waals surface area contributed by atoms with Gasteiger partial charge in [0, 0.05) is 19.4 Å². The van der Waals surface area contributed by atoms with Gasteiger partial charge in [0.05, 0.1) is 6.61 Å². The van der Waals surface area contributed by atoms with Gasteiger partial charge < -0.3 is 14.2 Å². The Kier molecular flexibility index (Phi) is 56.3. The Morgan fingerprint density at radius 1 is 0.318 bits per heavy atom. The molecule has 0 N–H and O–H groups in total. The topological polar surface area (TPSA) is 61.8 Å².